The van der Waals surface area contributed by atoms with Crippen LogP contribution in [0.3, 0.4) is 0 Å². The molecule has 0 fully saturated rings. The maximum absolute atomic E-state index is 9.72. The molecule has 170 valence electrons. The number of hydrogen-bond donors (Lipinski definition) is 6. The van der Waals surface area contributed by atoms with Gasteiger partial charge in [0.2, 0.25) is 0 Å². The predicted molar refractivity (Wildman–Crippen MR) is 148 cm³/mol. The second-order valence-corrected chi connectivity index (χ2v) is 9.52. The summed E-state index contributed by atoms with van der Waals surface area (Å²) in [5.41, 5.74) is 34.1. The highest BCUT2D eigenvalue weighted by Gasteiger charge is 2.33. The molecule has 1 unspecified atom stereocenters. The van der Waals surface area contributed by atoms with Crippen molar-refractivity contribution in [2.45, 2.75) is 12.3 Å². The van der Waals surface area contributed by atoms with E-state index in [9.17, 15) is 10.2 Å². The standard InChI is InChI=1S/C26H24N4O2P2/c27-17-9-15(11-1-5-13(31)6-2-11)23(29)21-19(17)25(33)20-18(28)10-16(24(30)22(20)26(21)34)12-3-7-14(32)8-4-12/h1-3,5-10,12,31-34H,4,27-30H2. The molecule has 3 aromatic rings. The lowest BCUT2D eigenvalue weighted by Crippen LogP contribution is -2.26. The van der Waals surface area contributed by atoms with Gasteiger partial charge < -0.3 is 33.1 Å². The summed E-state index contributed by atoms with van der Waals surface area (Å²) in [5, 5.41) is 20.8. The van der Waals surface area contributed by atoms with E-state index in [1.54, 1.807) is 36.4 Å². The summed E-state index contributed by atoms with van der Waals surface area (Å²) in [5.74, 6) is 0.386. The van der Waals surface area contributed by atoms with Gasteiger partial charge in [-0.25, -0.2) is 0 Å². The molecule has 6 nitrogen and oxygen atoms in total. The molecule has 1 atom stereocenters. The third-order valence-corrected chi connectivity index (χ3v) is 7.49. The topological polar surface area (TPSA) is 145 Å². The number of hydrogen-bond acceptors (Lipinski definition) is 6. The second-order valence-electron chi connectivity index (χ2n) is 8.52. The smallest absolute Gasteiger partial charge is 0.115 e. The van der Waals surface area contributed by atoms with Gasteiger partial charge in [0.1, 0.15) is 11.5 Å². The van der Waals surface area contributed by atoms with Gasteiger partial charge >= 0.3 is 0 Å². The van der Waals surface area contributed by atoms with E-state index >= 15 is 0 Å². The minimum absolute atomic E-state index is 0.0201. The van der Waals surface area contributed by atoms with E-state index in [4.69, 9.17) is 22.9 Å². The van der Waals surface area contributed by atoms with E-state index < -0.39 is 0 Å². The summed E-state index contributed by atoms with van der Waals surface area (Å²) in [7, 11) is 7.62. The van der Waals surface area contributed by atoms with Gasteiger partial charge in [-0.3, -0.25) is 0 Å². The number of anilines is 4. The van der Waals surface area contributed by atoms with Crippen LogP contribution in [0.2, 0.25) is 0 Å². The number of aliphatic hydroxyl groups is 1. The third kappa shape index (κ3) is 3.27. The quantitative estimate of drug-likeness (QED) is 0.180. The Hall–Kier alpha value is -3.72. The fourth-order valence-corrected chi connectivity index (χ4v) is 5.85. The number of benzene rings is 3. The summed E-state index contributed by atoms with van der Waals surface area (Å²) in [6.07, 6.45) is 5.96. The van der Waals surface area contributed by atoms with Crippen molar-refractivity contribution in [1.29, 1.82) is 0 Å². The maximum atomic E-state index is 9.72. The predicted octanol–water partition coefficient (Wildman–Crippen LogP) is 4.61. The Balaban J connectivity index is 1.72. The Morgan fingerprint density at radius 3 is 1.97 bits per heavy atom. The zero-order valence-electron chi connectivity index (χ0n) is 18.2. The SMILES string of the molecule is Nc1cc(-c2ccc(O)cc2)c(N)c2c1C(=P)c1c(N)cc(C3C=CC(O)=CC3)c(N)c1C2=P. The average Bonchev–Trinajstić information content (AvgIpc) is 2.81. The van der Waals surface area contributed by atoms with Crippen LogP contribution in [0.15, 0.2) is 60.4 Å². The number of nitrogen functional groups attached to an aromatic ring is 4. The molecule has 3 aromatic carbocycles. The van der Waals surface area contributed by atoms with Crippen molar-refractivity contribution in [1.82, 2.24) is 0 Å². The van der Waals surface area contributed by atoms with Crippen LogP contribution in [0.25, 0.3) is 11.1 Å². The number of aliphatic hydroxyl groups excluding tert-OH is 1. The molecule has 2 aliphatic rings. The maximum Gasteiger partial charge on any atom is 0.115 e. The molecule has 0 amide bonds. The van der Waals surface area contributed by atoms with Crippen molar-refractivity contribution < 1.29 is 10.2 Å². The third-order valence-electron chi connectivity index (χ3n) is 6.49. The fourth-order valence-electron chi connectivity index (χ4n) is 4.79. The lowest BCUT2D eigenvalue weighted by atomic mass is 9.78. The van der Waals surface area contributed by atoms with Gasteiger partial charge in [-0.1, -0.05) is 18.2 Å². The number of fused-ring (bicyclic) bond motifs is 2. The first-order valence-corrected chi connectivity index (χ1v) is 11.7. The lowest BCUT2D eigenvalue weighted by molar-refractivity contribution is 0.425. The summed E-state index contributed by atoms with van der Waals surface area (Å²) < 4.78 is 0. The molecular formula is C26H24N4O2P2. The number of phenolic OH excluding ortho intramolecular Hbond substituents is 1. The van der Waals surface area contributed by atoms with E-state index in [1.165, 1.54) is 0 Å². The molecule has 0 saturated heterocycles. The molecule has 0 aromatic heterocycles. The first-order chi connectivity index (χ1) is 16.2. The largest absolute Gasteiger partial charge is 0.508 e. The zero-order valence-corrected chi connectivity index (χ0v) is 20.2. The molecular weight excluding hydrogens is 462 g/mol. The Labute approximate surface area is 201 Å². The summed E-state index contributed by atoms with van der Waals surface area (Å²) >= 11 is 0. The van der Waals surface area contributed by atoms with E-state index in [0.29, 0.717) is 39.8 Å². The van der Waals surface area contributed by atoms with E-state index in [2.05, 4.69) is 17.7 Å². The van der Waals surface area contributed by atoms with Crippen LogP contribution < -0.4 is 22.9 Å². The molecule has 2 aliphatic carbocycles. The van der Waals surface area contributed by atoms with Gasteiger partial charge in [-0.05, 0) is 54.0 Å². The van der Waals surface area contributed by atoms with Crippen LogP contribution >= 0.6 is 17.7 Å². The van der Waals surface area contributed by atoms with Crippen molar-refractivity contribution in [3.63, 3.8) is 0 Å². The number of aromatic hydroxyl groups is 1. The van der Waals surface area contributed by atoms with Crippen molar-refractivity contribution in [3.8, 4) is 16.9 Å². The summed E-state index contributed by atoms with van der Waals surface area (Å²) in [6, 6.07) is 10.5. The molecule has 0 bridgehead atoms. The Morgan fingerprint density at radius 2 is 1.35 bits per heavy atom. The molecule has 5 rings (SSSR count). The van der Waals surface area contributed by atoms with E-state index in [-0.39, 0.29) is 17.4 Å². The lowest BCUT2D eigenvalue weighted by Gasteiger charge is -2.31. The average molecular weight is 486 g/mol. The monoisotopic (exact) mass is 486 g/mol. The minimum atomic E-state index is -0.0201. The first kappa shape index (κ1) is 22.1. The van der Waals surface area contributed by atoms with Crippen LogP contribution in [0.1, 0.15) is 40.2 Å². The normalized spacial score (nSPS) is 16.7. The Kier molecular flexibility index (Phi) is 5.16. The van der Waals surface area contributed by atoms with Crippen LogP contribution in [0, 0.1) is 0 Å². The number of allylic oxidation sites excluding steroid dienone is 3. The molecule has 10 N–H and O–H groups in total. The zero-order chi connectivity index (χ0) is 24.3. The van der Waals surface area contributed by atoms with Crippen LogP contribution in [0.4, 0.5) is 22.7 Å². The van der Waals surface area contributed by atoms with Gasteiger partial charge in [0.05, 0.1) is 0 Å². The van der Waals surface area contributed by atoms with Gasteiger partial charge in [-0.2, -0.15) is 0 Å². The van der Waals surface area contributed by atoms with E-state index in [1.807, 2.05) is 18.2 Å². The molecule has 34 heavy (non-hydrogen) atoms. The molecule has 0 spiro atoms. The summed E-state index contributed by atoms with van der Waals surface area (Å²) in [6.45, 7) is 0. The van der Waals surface area contributed by atoms with Crippen molar-refractivity contribution in [3.05, 3.63) is 88.2 Å². The molecule has 0 heterocycles. The number of phenols is 1. The second kappa shape index (κ2) is 7.95. The Morgan fingerprint density at radius 1 is 0.765 bits per heavy atom. The van der Waals surface area contributed by atoms with Crippen LogP contribution in [-0.4, -0.2) is 20.8 Å². The molecule has 0 aliphatic heterocycles. The highest BCUT2D eigenvalue weighted by molar-refractivity contribution is 7.26. The minimum Gasteiger partial charge on any atom is -0.508 e. The fraction of sp³-hybridized carbons (Fsp3) is 0.0769. The van der Waals surface area contributed by atoms with Crippen LogP contribution in [-0.2, 0) is 0 Å². The van der Waals surface area contributed by atoms with E-state index in [0.717, 1.165) is 38.9 Å². The highest BCUT2D eigenvalue weighted by Crippen LogP contribution is 2.46. The molecule has 0 radical (unpaired) electrons. The van der Waals surface area contributed by atoms with Crippen molar-refractivity contribution >= 4 is 51.1 Å². The number of rotatable bonds is 2. The Bertz CT molecular complexity index is 1470. The van der Waals surface area contributed by atoms with Gasteiger partial charge in [0.25, 0.3) is 0 Å². The van der Waals surface area contributed by atoms with Gasteiger partial charge in [-0.15, -0.1) is 17.7 Å². The first-order valence-electron chi connectivity index (χ1n) is 10.7. The van der Waals surface area contributed by atoms with Gasteiger partial charge in [0.15, 0.2) is 0 Å². The van der Waals surface area contributed by atoms with Crippen LogP contribution in [0.5, 0.6) is 5.75 Å². The molecule has 0 saturated carbocycles. The van der Waals surface area contributed by atoms with Crippen molar-refractivity contribution in [2.24, 2.45) is 0 Å². The number of nitrogens with two attached hydrogens (primary N) is 4. The summed E-state index contributed by atoms with van der Waals surface area (Å²) in [4.78, 5) is 0. The molecule has 8 heteroatoms. The highest BCUT2D eigenvalue weighted by atomic mass is 31.0. The van der Waals surface area contributed by atoms with Gasteiger partial charge in [0, 0.05) is 67.1 Å². The van der Waals surface area contributed by atoms with Crippen molar-refractivity contribution in [2.75, 3.05) is 22.9 Å².